The second-order valence-electron chi connectivity index (χ2n) is 4.95. The first-order valence-corrected chi connectivity index (χ1v) is 7.54. The number of amides is 1. The van der Waals surface area contributed by atoms with E-state index in [-0.39, 0.29) is 23.9 Å². The predicted molar refractivity (Wildman–Crippen MR) is 73.2 cm³/mol. The van der Waals surface area contributed by atoms with E-state index < -0.39 is 0 Å². The number of carbonyl (C=O) groups excluding carboxylic acids is 1. The molecule has 0 aliphatic heterocycles. The van der Waals surface area contributed by atoms with E-state index in [0.29, 0.717) is 0 Å². The highest BCUT2D eigenvalue weighted by Gasteiger charge is 2.26. The lowest BCUT2D eigenvalue weighted by atomic mass is 9.86. The molecule has 1 fully saturated rings. The molecule has 100 valence electrons. The van der Waals surface area contributed by atoms with Gasteiger partial charge < -0.3 is 11.1 Å². The Bertz CT molecular complexity index is 372. The molecule has 0 aromatic carbocycles. The quantitative estimate of drug-likeness (QED) is 0.879. The van der Waals surface area contributed by atoms with Crippen LogP contribution in [0.4, 0.5) is 0 Å². The number of thiazole rings is 1. The van der Waals surface area contributed by atoms with Gasteiger partial charge in [-0.3, -0.25) is 4.79 Å². The Labute approximate surface area is 112 Å². The van der Waals surface area contributed by atoms with Crippen molar-refractivity contribution >= 4 is 17.2 Å². The molecule has 18 heavy (non-hydrogen) atoms. The number of nitrogens with zero attached hydrogens (tertiary/aromatic N) is 1. The van der Waals surface area contributed by atoms with Crippen molar-refractivity contribution in [1.29, 1.82) is 0 Å². The van der Waals surface area contributed by atoms with Crippen molar-refractivity contribution in [3.63, 3.8) is 0 Å². The Morgan fingerprint density at radius 3 is 2.83 bits per heavy atom. The van der Waals surface area contributed by atoms with Gasteiger partial charge in [-0.15, -0.1) is 11.3 Å². The Morgan fingerprint density at radius 1 is 1.56 bits per heavy atom. The van der Waals surface area contributed by atoms with Crippen LogP contribution in [0.5, 0.6) is 0 Å². The first-order chi connectivity index (χ1) is 8.70. The number of hydrogen-bond acceptors (Lipinski definition) is 4. The van der Waals surface area contributed by atoms with Crippen LogP contribution in [-0.2, 0) is 4.79 Å². The Morgan fingerprint density at radius 2 is 2.28 bits per heavy atom. The molecule has 1 saturated carbocycles. The van der Waals surface area contributed by atoms with Crippen LogP contribution in [0, 0.1) is 5.92 Å². The van der Waals surface area contributed by atoms with Gasteiger partial charge in [0.05, 0.1) is 6.04 Å². The molecule has 1 aliphatic carbocycles. The van der Waals surface area contributed by atoms with Crippen molar-refractivity contribution in [1.82, 2.24) is 10.3 Å². The van der Waals surface area contributed by atoms with Gasteiger partial charge in [-0.1, -0.05) is 6.92 Å². The first kappa shape index (κ1) is 13.5. The normalized spacial score (nSPS) is 25.7. The predicted octanol–water partition coefficient (Wildman–Crippen LogP) is 2.23. The van der Waals surface area contributed by atoms with E-state index in [1.54, 1.807) is 17.5 Å². The summed E-state index contributed by atoms with van der Waals surface area (Å²) >= 11 is 1.60. The molecule has 5 heteroatoms. The third-order valence-corrected chi connectivity index (χ3v) is 4.51. The largest absolute Gasteiger partial charge is 0.347 e. The fourth-order valence-corrected chi connectivity index (χ4v) is 3.19. The van der Waals surface area contributed by atoms with Crippen LogP contribution >= 0.6 is 11.3 Å². The van der Waals surface area contributed by atoms with Crippen LogP contribution in [0.1, 0.15) is 50.1 Å². The molecule has 2 rings (SSSR count). The van der Waals surface area contributed by atoms with Gasteiger partial charge in [0, 0.05) is 23.5 Å². The summed E-state index contributed by atoms with van der Waals surface area (Å²) in [6.07, 6.45) is 6.43. The number of hydrogen-bond donors (Lipinski definition) is 2. The second kappa shape index (κ2) is 6.29. The van der Waals surface area contributed by atoms with Crippen molar-refractivity contribution in [3.8, 4) is 0 Å². The van der Waals surface area contributed by atoms with Crippen LogP contribution in [0.15, 0.2) is 11.6 Å². The fourth-order valence-electron chi connectivity index (χ4n) is 2.42. The van der Waals surface area contributed by atoms with Crippen LogP contribution in [0.25, 0.3) is 0 Å². The first-order valence-electron chi connectivity index (χ1n) is 6.66. The molecule has 4 nitrogen and oxygen atoms in total. The standard InChI is InChI=1S/C13H21N3OS/c1-2-11(13-15-7-8-18-13)16-12(17)9-3-5-10(14)6-4-9/h7-11H,2-6,14H2,1H3,(H,16,17). The lowest BCUT2D eigenvalue weighted by molar-refractivity contribution is -0.126. The molecule has 1 atom stereocenters. The average molecular weight is 267 g/mol. The highest BCUT2D eigenvalue weighted by Crippen LogP contribution is 2.25. The summed E-state index contributed by atoms with van der Waals surface area (Å²) in [5.41, 5.74) is 5.86. The third kappa shape index (κ3) is 3.29. The van der Waals surface area contributed by atoms with Gasteiger partial charge in [0.15, 0.2) is 0 Å². The van der Waals surface area contributed by atoms with Gasteiger partial charge >= 0.3 is 0 Å². The van der Waals surface area contributed by atoms with E-state index in [1.165, 1.54) is 0 Å². The van der Waals surface area contributed by atoms with Gasteiger partial charge in [0.25, 0.3) is 0 Å². The molecule has 1 aliphatic rings. The van der Waals surface area contributed by atoms with Crippen molar-refractivity contribution in [3.05, 3.63) is 16.6 Å². The SMILES string of the molecule is CCC(NC(=O)C1CCC(N)CC1)c1nccs1. The summed E-state index contributed by atoms with van der Waals surface area (Å²) in [6.45, 7) is 2.07. The maximum absolute atomic E-state index is 12.2. The molecule has 0 spiro atoms. The summed E-state index contributed by atoms with van der Waals surface area (Å²) in [5.74, 6) is 0.308. The molecule has 3 N–H and O–H groups in total. The number of rotatable bonds is 4. The zero-order chi connectivity index (χ0) is 13.0. The topological polar surface area (TPSA) is 68.0 Å². The summed E-state index contributed by atoms with van der Waals surface area (Å²) in [5, 5.41) is 6.07. The molecule has 0 bridgehead atoms. The highest BCUT2D eigenvalue weighted by molar-refractivity contribution is 7.09. The monoisotopic (exact) mass is 267 g/mol. The smallest absolute Gasteiger partial charge is 0.223 e. The average Bonchev–Trinajstić information content (AvgIpc) is 2.90. The van der Waals surface area contributed by atoms with Gasteiger partial charge in [0.1, 0.15) is 5.01 Å². The maximum Gasteiger partial charge on any atom is 0.223 e. The number of aromatic nitrogens is 1. The molecular formula is C13H21N3OS. The van der Waals surface area contributed by atoms with E-state index in [1.807, 2.05) is 5.38 Å². The molecular weight excluding hydrogens is 246 g/mol. The number of nitrogens with two attached hydrogens (primary N) is 1. The maximum atomic E-state index is 12.2. The van der Waals surface area contributed by atoms with Crippen LogP contribution in [0.3, 0.4) is 0 Å². The summed E-state index contributed by atoms with van der Waals surface area (Å²) in [6, 6.07) is 0.350. The van der Waals surface area contributed by atoms with Gasteiger partial charge in [-0.25, -0.2) is 4.98 Å². The van der Waals surface area contributed by atoms with Crippen molar-refractivity contribution < 1.29 is 4.79 Å². The molecule has 1 heterocycles. The summed E-state index contributed by atoms with van der Waals surface area (Å²) < 4.78 is 0. The van der Waals surface area contributed by atoms with E-state index in [4.69, 9.17) is 5.73 Å². The second-order valence-corrected chi connectivity index (χ2v) is 5.88. The van der Waals surface area contributed by atoms with Crippen molar-refractivity contribution in [2.45, 2.75) is 51.1 Å². The zero-order valence-electron chi connectivity index (χ0n) is 10.8. The van der Waals surface area contributed by atoms with Crippen molar-refractivity contribution in [2.75, 3.05) is 0 Å². The van der Waals surface area contributed by atoms with E-state index >= 15 is 0 Å². The fraction of sp³-hybridized carbons (Fsp3) is 0.692. The van der Waals surface area contributed by atoms with Crippen LogP contribution < -0.4 is 11.1 Å². The minimum atomic E-state index is 0.0631. The molecule has 1 amide bonds. The lowest BCUT2D eigenvalue weighted by Gasteiger charge is -2.26. The van der Waals surface area contributed by atoms with Crippen LogP contribution in [0.2, 0.25) is 0 Å². The molecule has 0 radical (unpaired) electrons. The Balaban J connectivity index is 1.90. The molecule has 1 unspecified atom stereocenters. The van der Waals surface area contributed by atoms with E-state index in [9.17, 15) is 4.79 Å². The summed E-state index contributed by atoms with van der Waals surface area (Å²) in [4.78, 5) is 16.5. The Hall–Kier alpha value is -0.940. The minimum absolute atomic E-state index is 0.0631. The number of carbonyl (C=O) groups is 1. The van der Waals surface area contributed by atoms with E-state index in [0.717, 1.165) is 37.1 Å². The molecule has 0 saturated heterocycles. The van der Waals surface area contributed by atoms with Gasteiger partial charge in [-0.05, 0) is 32.1 Å². The zero-order valence-corrected chi connectivity index (χ0v) is 11.6. The van der Waals surface area contributed by atoms with Crippen LogP contribution in [-0.4, -0.2) is 16.9 Å². The van der Waals surface area contributed by atoms with Gasteiger partial charge in [-0.2, -0.15) is 0 Å². The third-order valence-electron chi connectivity index (χ3n) is 3.62. The lowest BCUT2D eigenvalue weighted by Crippen LogP contribution is -2.37. The number of nitrogens with one attached hydrogen (secondary N) is 1. The molecule has 1 aromatic heterocycles. The highest BCUT2D eigenvalue weighted by atomic mass is 32.1. The minimum Gasteiger partial charge on any atom is -0.347 e. The van der Waals surface area contributed by atoms with Crippen molar-refractivity contribution in [2.24, 2.45) is 11.7 Å². The summed E-state index contributed by atoms with van der Waals surface area (Å²) in [7, 11) is 0. The molecule has 1 aromatic rings. The Kier molecular flexibility index (Phi) is 4.72. The van der Waals surface area contributed by atoms with Gasteiger partial charge in [0.2, 0.25) is 5.91 Å². The van der Waals surface area contributed by atoms with E-state index in [2.05, 4.69) is 17.2 Å².